The maximum absolute atomic E-state index is 6.73. The Morgan fingerprint density at radius 2 is 0.714 bits per heavy atom. The second kappa shape index (κ2) is 11.2. The predicted molar refractivity (Wildman–Crippen MR) is 237 cm³/mol. The Balaban J connectivity index is 0.936. The van der Waals surface area contributed by atoms with E-state index in [9.17, 15) is 0 Å². The molecule has 56 heavy (non-hydrogen) atoms. The van der Waals surface area contributed by atoms with Crippen molar-refractivity contribution >= 4 is 104 Å². The fraction of sp³-hybridized carbons (Fsp3) is 0.0370. The summed E-state index contributed by atoms with van der Waals surface area (Å²) in [6, 6.07) is 57.7. The average molecular weight is 713 g/mol. The van der Waals surface area contributed by atoms with Crippen LogP contribution in [0.2, 0.25) is 0 Å². The van der Waals surface area contributed by atoms with Crippen LogP contribution in [0.5, 0.6) is 0 Å². The molecule has 0 radical (unpaired) electrons. The summed E-state index contributed by atoms with van der Waals surface area (Å²) in [5, 5.41) is 17.3. The molecule has 0 atom stereocenters. The second-order valence-corrected chi connectivity index (χ2v) is 15.4. The van der Waals surface area contributed by atoms with E-state index in [-0.39, 0.29) is 0 Å². The number of aryl methyl sites for hydroxylation is 1. The Morgan fingerprint density at radius 3 is 1.27 bits per heavy atom. The fourth-order valence-corrected chi connectivity index (χ4v) is 9.87. The van der Waals surface area contributed by atoms with E-state index in [2.05, 4.69) is 170 Å². The molecule has 2 heterocycles. The highest BCUT2D eigenvalue weighted by Gasteiger charge is 2.19. The lowest BCUT2D eigenvalue weighted by Crippen LogP contribution is -1.98. The number of hydrogen-bond acceptors (Lipinski definition) is 2. The summed E-state index contributed by atoms with van der Waals surface area (Å²) in [5.41, 5.74) is 10.8. The summed E-state index contributed by atoms with van der Waals surface area (Å²) in [6.07, 6.45) is 6.77. The molecule has 13 rings (SSSR count). The minimum Gasteiger partial charge on any atom is -0.452 e. The zero-order chi connectivity index (χ0) is 36.5. The van der Waals surface area contributed by atoms with Crippen LogP contribution in [0, 0.1) is 0 Å². The molecule has 1 aliphatic carbocycles. The van der Waals surface area contributed by atoms with Gasteiger partial charge in [0.1, 0.15) is 11.2 Å². The molecule has 0 bridgehead atoms. The van der Waals surface area contributed by atoms with Crippen molar-refractivity contribution in [1.29, 1.82) is 0 Å². The molecule has 0 N–H and O–H groups in total. The van der Waals surface area contributed by atoms with E-state index in [0.29, 0.717) is 0 Å². The van der Waals surface area contributed by atoms with Crippen molar-refractivity contribution in [2.75, 3.05) is 0 Å². The Bertz CT molecular complexity index is 3670. The topological polar surface area (TPSA) is 26.3 Å². The molecule has 0 saturated carbocycles. The van der Waals surface area contributed by atoms with Gasteiger partial charge in [0.2, 0.25) is 0 Å². The van der Waals surface area contributed by atoms with Gasteiger partial charge in [-0.25, -0.2) is 0 Å². The summed E-state index contributed by atoms with van der Waals surface area (Å²) < 4.78 is 13.5. The lowest BCUT2D eigenvalue weighted by Gasteiger charge is -2.18. The molecule has 0 fully saturated rings. The average Bonchev–Trinajstić information content (AvgIpc) is 3.84. The fourth-order valence-electron chi connectivity index (χ4n) is 9.87. The van der Waals surface area contributed by atoms with Crippen LogP contribution in [0.25, 0.3) is 126 Å². The van der Waals surface area contributed by atoms with Gasteiger partial charge in [-0.3, -0.25) is 0 Å². The third-order valence-electron chi connectivity index (χ3n) is 12.5. The van der Waals surface area contributed by atoms with Gasteiger partial charge in [-0.2, -0.15) is 0 Å². The number of hydrogen-bond donors (Lipinski definition) is 0. The number of rotatable bonds is 2. The number of fused-ring (bicyclic) bond motifs is 19. The molecule has 1 aliphatic rings. The molecule has 0 saturated heterocycles. The zero-order valence-electron chi connectivity index (χ0n) is 30.4. The molecular weight excluding hydrogens is 681 g/mol. The van der Waals surface area contributed by atoms with Crippen molar-refractivity contribution in [3.8, 4) is 22.3 Å². The van der Waals surface area contributed by atoms with Crippen LogP contribution >= 0.6 is 0 Å². The summed E-state index contributed by atoms with van der Waals surface area (Å²) in [6.45, 7) is 0. The summed E-state index contributed by atoms with van der Waals surface area (Å²) in [4.78, 5) is 0. The molecule has 2 aromatic heterocycles. The predicted octanol–water partition coefficient (Wildman–Crippen LogP) is 15.5. The normalized spacial score (nSPS) is 13.1. The molecule has 0 spiro atoms. The van der Waals surface area contributed by atoms with Crippen molar-refractivity contribution < 1.29 is 8.83 Å². The zero-order valence-corrected chi connectivity index (χ0v) is 30.4. The third-order valence-corrected chi connectivity index (χ3v) is 12.5. The maximum atomic E-state index is 6.73. The van der Waals surface area contributed by atoms with Crippen molar-refractivity contribution in [3.05, 3.63) is 175 Å². The molecular formula is C54H32O2. The van der Waals surface area contributed by atoms with E-state index in [1.165, 1.54) is 76.1 Å². The lowest BCUT2D eigenvalue weighted by molar-refractivity contribution is 0.633. The summed E-state index contributed by atoms with van der Waals surface area (Å²) >= 11 is 0. The van der Waals surface area contributed by atoms with Crippen LogP contribution in [0.15, 0.2) is 173 Å². The van der Waals surface area contributed by atoms with Gasteiger partial charge in [0.05, 0.1) is 0 Å². The quantitative estimate of drug-likeness (QED) is 0.167. The van der Waals surface area contributed by atoms with E-state index >= 15 is 0 Å². The van der Waals surface area contributed by atoms with Crippen LogP contribution in [-0.2, 0) is 6.42 Å². The molecule has 0 amide bonds. The monoisotopic (exact) mass is 712 g/mol. The third kappa shape index (κ3) is 4.16. The minimum absolute atomic E-state index is 0.792. The molecule has 0 aliphatic heterocycles. The lowest BCUT2D eigenvalue weighted by atomic mass is 9.85. The van der Waals surface area contributed by atoms with Gasteiger partial charge >= 0.3 is 0 Å². The highest BCUT2D eigenvalue weighted by molar-refractivity contribution is 6.26. The minimum atomic E-state index is 0.792. The van der Waals surface area contributed by atoms with Crippen LogP contribution in [0.3, 0.4) is 0 Å². The Hall–Kier alpha value is -7.16. The number of benzene rings is 10. The Labute approximate surface area is 321 Å². The van der Waals surface area contributed by atoms with E-state index in [4.69, 9.17) is 8.83 Å². The van der Waals surface area contributed by atoms with Crippen molar-refractivity contribution in [2.24, 2.45) is 0 Å². The molecule has 10 aromatic carbocycles. The molecule has 0 unspecified atom stereocenters. The van der Waals surface area contributed by atoms with Gasteiger partial charge in [-0.15, -0.1) is 0 Å². The van der Waals surface area contributed by atoms with Crippen LogP contribution in [0.1, 0.15) is 17.5 Å². The highest BCUT2D eigenvalue weighted by atomic mass is 16.4. The first-order valence-corrected chi connectivity index (χ1v) is 19.5. The molecule has 12 aromatic rings. The van der Waals surface area contributed by atoms with Crippen molar-refractivity contribution in [2.45, 2.75) is 12.8 Å². The van der Waals surface area contributed by atoms with Gasteiger partial charge in [-0.05, 0) is 149 Å². The Morgan fingerprint density at radius 1 is 0.321 bits per heavy atom. The largest absolute Gasteiger partial charge is 0.452 e. The summed E-state index contributed by atoms with van der Waals surface area (Å²) in [5.74, 6) is 0. The SMILES string of the molecule is C1=Cc2c(c3cc(-c4ccc5c(c4)oc4c5ccc5c6ccc(-c7ccc8c9ccccc9c9ccccc9c8c7)cc6oc54)ccc3c3ccccc23)CC1. The van der Waals surface area contributed by atoms with Crippen LogP contribution in [-0.4, -0.2) is 0 Å². The van der Waals surface area contributed by atoms with E-state index in [0.717, 1.165) is 67.8 Å². The van der Waals surface area contributed by atoms with Crippen LogP contribution < -0.4 is 0 Å². The molecule has 260 valence electrons. The van der Waals surface area contributed by atoms with E-state index < -0.39 is 0 Å². The van der Waals surface area contributed by atoms with Gasteiger partial charge in [0, 0.05) is 21.5 Å². The molecule has 2 nitrogen and oxygen atoms in total. The van der Waals surface area contributed by atoms with Gasteiger partial charge in [0.15, 0.2) is 11.2 Å². The standard InChI is InChI=1S/C54H32O2/c1-3-13-39-35(9-1)37-11-5-7-15-41(37)49-27-31(17-21-43(39)49)33-19-23-45-47-25-26-48-46-24-20-34(30-52(46)56-54(48)53(47)55-51(45)29-33)32-18-22-44-40-14-4-2-10-36(40)38-12-6-8-16-42(38)50(44)28-32/h1-7,9-15,17-30H,8,16H2. The number of furan rings is 2. The smallest absolute Gasteiger partial charge is 0.178 e. The summed E-state index contributed by atoms with van der Waals surface area (Å²) in [7, 11) is 0. The first-order valence-electron chi connectivity index (χ1n) is 19.5. The first kappa shape index (κ1) is 30.2. The van der Waals surface area contributed by atoms with Gasteiger partial charge in [-0.1, -0.05) is 121 Å². The Kier molecular flexibility index (Phi) is 6.04. The van der Waals surface area contributed by atoms with Crippen molar-refractivity contribution in [3.63, 3.8) is 0 Å². The van der Waals surface area contributed by atoms with Crippen molar-refractivity contribution in [1.82, 2.24) is 0 Å². The second-order valence-electron chi connectivity index (χ2n) is 15.4. The van der Waals surface area contributed by atoms with Gasteiger partial charge < -0.3 is 8.83 Å². The van der Waals surface area contributed by atoms with Crippen LogP contribution in [0.4, 0.5) is 0 Å². The first-order chi connectivity index (χ1) is 27.7. The molecule has 2 heteroatoms. The van der Waals surface area contributed by atoms with E-state index in [1.807, 2.05) is 0 Å². The maximum Gasteiger partial charge on any atom is 0.178 e. The van der Waals surface area contributed by atoms with Gasteiger partial charge in [0.25, 0.3) is 0 Å². The number of allylic oxidation sites excluding steroid dienone is 1. The van der Waals surface area contributed by atoms with E-state index in [1.54, 1.807) is 0 Å². The highest BCUT2D eigenvalue weighted by Crippen LogP contribution is 2.43.